The van der Waals surface area contributed by atoms with Crippen LogP contribution >= 0.6 is 0 Å². The maximum Gasteiger partial charge on any atom is 0.251 e. The Morgan fingerprint density at radius 2 is 1.67 bits per heavy atom. The first-order valence-electron chi connectivity index (χ1n) is 9.37. The average Bonchev–Trinajstić information content (AvgIpc) is 2.68. The third-order valence-corrected chi connectivity index (χ3v) is 5.02. The van der Waals surface area contributed by atoms with Crippen LogP contribution in [0, 0.1) is 5.92 Å². The van der Waals surface area contributed by atoms with Crippen molar-refractivity contribution in [3.63, 3.8) is 0 Å². The van der Waals surface area contributed by atoms with E-state index < -0.39 is 0 Å². The second-order valence-corrected chi connectivity index (χ2v) is 6.86. The van der Waals surface area contributed by atoms with Gasteiger partial charge in [0.25, 0.3) is 5.91 Å². The number of amides is 2. The number of nitrogens with one attached hydrogen (secondary N) is 2. The van der Waals surface area contributed by atoms with Crippen LogP contribution in [0.5, 0.6) is 17.2 Å². The van der Waals surface area contributed by atoms with E-state index in [9.17, 15) is 9.59 Å². The summed E-state index contributed by atoms with van der Waals surface area (Å²) < 4.78 is 15.8. The molecule has 1 saturated carbocycles. The zero-order valence-corrected chi connectivity index (χ0v) is 16.6. The van der Waals surface area contributed by atoms with E-state index in [1.54, 1.807) is 12.1 Å². The monoisotopic (exact) mass is 378 g/mol. The lowest BCUT2D eigenvalue weighted by Gasteiger charge is -2.29. The van der Waals surface area contributed by atoms with Gasteiger partial charge in [0.15, 0.2) is 11.5 Å². The van der Waals surface area contributed by atoms with Crippen LogP contribution in [0.2, 0.25) is 0 Å². The number of hydrogen-bond donors (Lipinski definition) is 2. The molecule has 2 N–H and O–H groups in total. The molecule has 27 heavy (non-hydrogen) atoms. The van der Waals surface area contributed by atoms with E-state index in [2.05, 4.69) is 17.6 Å². The Kier molecular flexibility index (Phi) is 7.76. The van der Waals surface area contributed by atoms with E-state index in [4.69, 9.17) is 14.2 Å². The first kappa shape index (κ1) is 20.9. The molecule has 2 rings (SSSR count). The second-order valence-electron chi connectivity index (χ2n) is 6.86. The summed E-state index contributed by atoms with van der Waals surface area (Å²) in [5.74, 6) is 1.43. The standard InChI is InChI=1S/C20H30N2O5/c1-13-7-5-6-8-15(13)22-18(23)9-10-21-20(24)14-11-16(25-2)19(27-4)17(12-14)26-3/h11-13,15H,5-10H2,1-4H3,(H,21,24)(H,22,23). The van der Waals surface area contributed by atoms with Gasteiger partial charge in [-0.25, -0.2) is 0 Å². The van der Waals surface area contributed by atoms with Gasteiger partial charge in [-0.2, -0.15) is 0 Å². The summed E-state index contributed by atoms with van der Waals surface area (Å²) in [4.78, 5) is 24.5. The number of ether oxygens (including phenoxy) is 3. The van der Waals surface area contributed by atoms with E-state index in [0.29, 0.717) is 28.7 Å². The molecule has 150 valence electrons. The zero-order chi connectivity index (χ0) is 19.8. The average molecular weight is 378 g/mol. The molecule has 0 aliphatic heterocycles. The van der Waals surface area contributed by atoms with Gasteiger partial charge in [0.2, 0.25) is 11.7 Å². The minimum Gasteiger partial charge on any atom is -0.493 e. The highest BCUT2D eigenvalue weighted by atomic mass is 16.5. The van der Waals surface area contributed by atoms with Crippen LogP contribution < -0.4 is 24.8 Å². The van der Waals surface area contributed by atoms with Crippen molar-refractivity contribution in [2.45, 2.75) is 45.1 Å². The second kappa shape index (κ2) is 10.0. The fraction of sp³-hybridized carbons (Fsp3) is 0.600. The molecule has 0 radical (unpaired) electrons. The van der Waals surface area contributed by atoms with Crippen LogP contribution in [0.1, 0.15) is 49.4 Å². The number of benzene rings is 1. The number of methoxy groups -OCH3 is 3. The molecule has 2 unspecified atom stereocenters. The van der Waals surface area contributed by atoms with Crippen molar-refractivity contribution in [3.8, 4) is 17.2 Å². The van der Waals surface area contributed by atoms with Gasteiger partial charge in [-0.1, -0.05) is 19.8 Å². The highest BCUT2D eigenvalue weighted by molar-refractivity contribution is 5.95. The summed E-state index contributed by atoms with van der Waals surface area (Å²) in [5, 5.41) is 5.85. The SMILES string of the molecule is COc1cc(C(=O)NCCC(=O)NC2CCCCC2C)cc(OC)c1OC. The summed E-state index contributed by atoms with van der Waals surface area (Å²) in [6, 6.07) is 3.41. The van der Waals surface area contributed by atoms with Gasteiger partial charge >= 0.3 is 0 Å². The van der Waals surface area contributed by atoms with E-state index >= 15 is 0 Å². The molecule has 1 aliphatic carbocycles. The summed E-state index contributed by atoms with van der Waals surface area (Å²) in [6.45, 7) is 2.44. The quantitative estimate of drug-likeness (QED) is 0.726. The van der Waals surface area contributed by atoms with Crippen LogP contribution in [-0.2, 0) is 4.79 Å². The molecule has 7 heteroatoms. The lowest BCUT2D eigenvalue weighted by Crippen LogP contribution is -2.42. The van der Waals surface area contributed by atoms with Crippen molar-refractivity contribution in [3.05, 3.63) is 17.7 Å². The van der Waals surface area contributed by atoms with Crippen LogP contribution in [-0.4, -0.2) is 45.7 Å². The highest BCUT2D eigenvalue weighted by Gasteiger charge is 2.22. The molecule has 0 spiro atoms. The largest absolute Gasteiger partial charge is 0.493 e. The van der Waals surface area contributed by atoms with Crippen LogP contribution in [0.25, 0.3) is 0 Å². The molecule has 1 fully saturated rings. The normalized spacial score (nSPS) is 19.1. The fourth-order valence-electron chi connectivity index (χ4n) is 3.41. The summed E-state index contributed by atoms with van der Waals surface area (Å²) in [6.07, 6.45) is 4.83. The van der Waals surface area contributed by atoms with Gasteiger partial charge in [-0.3, -0.25) is 9.59 Å². The molecule has 2 amide bonds. The third-order valence-electron chi connectivity index (χ3n) is 5.02. The Balaban J connectivity index is 1.89. The molecule has 0 aromatic heterocycles. The number of carbonyl (C=O) groups excluding carboxylic acids is 2. The topological polar surface area (TPSA) is 85.9 Å². The predicted octanol–water partition coefficient (Wildman–Crippen LogP) is 2.53. The predicted molar refractivity (Wildman–Crippen MR) is 103 cm³/mol. The maximum absolute atomic E-state index is 12.4. The van der Waals surface area contributed by atoms with E-state index in [0.717, 1.165) is 19.3 Å². The minimum absolute atomic E-state index is 0.0288. The minimum atomic E-state index is -0.298. The molecule has 0 heterocycles. The van der Waals surface area contributed by atoms with E-state index in [1.165, 1.54) is 27.8 Å². The Morgan fingerprint density at radius 1 is 1.04 bits per heavy atom. The maximum atomic E-state index is 12.4. The van der Waals surface area contributed by atoms with Crippen LogP contribution in [0.4, 0.5) is 0 Å². The molecular weight excluding hydrogens is 348 g/mol. The van der Waals surface area contributed by atoms with Gasteiger partial charge in [-0.15, -0.1) is 0 Å². The molecule has 1 aromatic carbocycles. The molecule has 1 aliphatic rings. The molecule has 0 bridgehead atoms. The van der Waals surface area contributed by atoms with Gasteiger partial charge < -0.3 is 24.8 Å². The van der Waals surface area contributed by atoms with Crippen LogP contribution in [0.3, 0.4) is 0 Å². The number of rotatable bonds is 8. The summed E-state index contributed by atoms with van der Waals surface area (Å²) in [5.41, 5.74) is 0.380. The van der Waals surface area contributed by atoms with Gasteiger partial charge in [0.05, 0.1) is 21.3 Å². The summed E-state index contributed by atoms with van der Waals surface area (Å²) >= 11 is 0. The van der Waals surface area contributed by atoms with Crippen molar-refractivity contribution < 1.29 is 23.8 Å². The molecule has 7 nitrogen and oxygen atoms in total. The van der Waals surface area contributed by atoms with Crippen molar-refractivity contribution in [2.75, 3.05) is 27.9 Å². The zero-order valence-electron chi connectivity index (χ0n) is 16.6. The van der Waals surface area contributed by atoms with E-state index in [-0.39, 0.29) is 30.8 Å². The number of hydrogen-bond acceptors (Lipinski definition) is 5. The van der Waals surface area contributed by atoms with Crippen molar-refractivity contribution in [1.82, 2.24) is 10.6 Å². The van der Waals surface area contributed by atoms with Gasteiger partial charge in [0.1, 0.15) is 0 Å². The van der Waals surface area contributed by atoms with Gasteiger partial charge in [0, 0.05) is 24.6 Å². The lowest BCUT2D eigenvalue weighted by molar-refractivity contribution is -0.122. The Hall–Kier alpha value is -2.44. The molecule has 2 atom stereocenters. The first-order chi connectivity index (χ1) is 13.0. The van der Waals surface area contributed by atoms with Crippen molar-refractivity contribution in [1.29, 1.82) is 0 Å². The third kappa shape index (κ3) is 5.52. The van der Waals surface area contributed by atoms with Gasteiger partial charge in [-0.05, 0) is 30.9 Å². The molecule has 0 saturated heterocycles. The first-order valence-corrected chi connectivity index (χ1v) is 9.37. The Labute approximate surface area is 160 Å². The Morgan fingerprint density at radius 3 is 2.22 bits per heavy atom. The van der Waals surface area contributed by atoms with Crippen molar-refractivity contribution in [2.24, 2.45) is 5.92 Å². The Bertz CT molecular complexity index is 637. The fourth-order valence-corrected chi connectivity index (χ4v) is 3.41. The van der Waals surface area contributed by atoms with E-state index in [1.807, 2.05) is 0 Å². The summed E-state index contributed by atoms with van der Waals surface area (Å²) in [7, 11) is 4.50. The smallest absolute Gasteiger partial charge is 0.251 e. The lowest BCUT2D eigenvalue weighted by atomic mass is 9.86. The number of carbonyl (C=O) groups is 2. The highest BCUT2D eigenvalue weighted by Crippen LogP contribution is 2.38. The van der Waals surface area contributed by atoms with Crippen LogP contribution in [0.15, 0.2) is 12.1 Å². The molecular formula is C20H30N2O5. The molecule has 1 aromatic rings. The van der Waals surface area contributed by atoms with Crippen molar-refractivity contribution >= 4 is 11.8 Å².